The second kappa shape index (κ2) is 5.98. The first-order valence-electron chi connectivity index (χ1n) is 6.59. The third-order valence-electron chi connectivity index (χ3n) is 3.50. The molecular formula is C13H17BrN4O. The molecule has 0 bridgehead atoms. The molecule has 1 aliphatic rings. The molecule has 1 atom stereocenters. The van der Waals surface area contributed by atoms with Gasteiger partial charge in [-0.05, 0) is 41.2 Å². The SMILES string of the molecule is Brc1cn2c(CNCCC3CCOC3)cnc2cn1. The zero-order valence-corrected chi connectivity index (χ0v) is 12.3. The van der Waals surface area contributed by atoms with Crippen LogP contribution in [0, 0.1) is 5.92 Å². The largest absolute Gasteiger partial charge is 0.381 e. The molecule has 3 rings (SSSR count). The van der Waals surface area contributed by atoms with Gasteiger partial charge in [0.1, 0.15) is 4.60 Å². The molecule has 0 spiro atoms. The van der Waals surface area contributed by atoms with Gasteiger partial charge in [0.2, 0.25) is 0 Å². The highest BCUT2D eigenvalue weighted by Gasteiger charge is 2.14. The molecule has 0 aliphatic carbocycles. The van der Waals surface area contributed by atoms with E-state index >= 15 is 0 Å². The molecule has 1 N–H and O–H groups in total. The standard InChI is InChI=1S/C13H17BrN4O/c14-12-8-18-11(6-17-13(18)7-16-12)5-15-3-1-10-2-4-19-9-10/h6-8,10,15H,1-5,9H2. The maximum atomic E-state index is 5.38. The quantitative estimate of drug-likeness (QED) is 0.855. The predicted molar refractivity (Wildman–Crippen MR) is 75.9 cm³/mol. The molecule has 0 aromatic carbocycles. The summed E-state index contributed by atoms with van der Waals surface area (Å²) < 4.78 is 8.26. The molecule has 6 heteroatoms. The van der Waals surface area contributed by atoms with Gasteiger partial charge in [0.25, 0.3) is 0 Å². The Hall–Kier alpha value is -0.980. The molecule has 2 aromatic rings. The van der Waals surface area contributed by atoms with Crippen molar-refractivity contribution >= 4 is 21.6 Å². The summed E-state index contributed by atoms with van der Waals surface area (Å²) in [6, 6.07) is 0. The third kappa shape index (κ3) is 3.13. The van der Waals surface area contributed by atoms with Crippen LogP contribution in [-0.2, 0) is 11.3 Å². The number of halogens is 1. The summed E-state index contributed by atoms with van der Waals surface area (Å²) in [5.74, 6) is 0.730. The number of imidazole rings is 1. The fourth-order valence-electron chi connectivity index (χ4n) is 2.38. The highest BCUT2D eigenvalue weighted by atomic mass is 79.9. The van der Waals surface area contributed by atoms with Gasteiger partial charge < -0.3 is 10.1 Å². The average Bonchev–Trinajstić information content (AvgIpc) is 3.04. The van der Waals surface area contributed by atoms with Gasteiger partial charge in [-0.25, -0.2) is 9.97 Å². The van der Waals surface area contributed by atoms with Crippen molar-refractivity contribution in [3.63, 3.8) is 0 Å². The summed E-state index contributed by atoms with van der Waals surface area (Å²) in [5, 5.41) is 3.47. The first-order valence-corrected chi connectivity index (χ1v) is 7.38. The smallest absolute Gasteiger partial charge is 0.155 e. The van der Waals surface area contributed by atoms with E-state index in [-0.39, 0.29) is 0 Å². The Labute approximate surface area is 120 Å². The normalized spacial score (nSPS) is 19.3. The predicted octanol–water partition coefficient (Wildman–Crippen LogP) is 2.01. The molecule has 2 aromatic heterocycles. The lowest BCUT2D eigenvalue weighted by molar-refractivity contribution is 0.184. The van der Waals surface area contributed by atoms with Crippen LogP contribution < -0.4 is 5.32 Å². The monoisotopic (exact) mass is 324 g/mol. The molecule has 1 fully saturated rings. The highest BCUT2D eigenvalue weighted by Crippen LogP contribution is 2.15. The van der Waals surface area contributed by atoms with Gasteiger partial charge in [-0.2, -0.15) is 0 Å². The minimum Gasteiger partial charge on any atom is -0.381 e. The molecule has 1 saturated heterocycles. The summed E-state index contributed by atoms with van der Waals surface area (Å²) in [4.78, 5) is 8.50. The molecule has 5 nitrogen and oxygen atoms in total. The number of aromatic nitrogens is 3. The van der Waals surface area contributed by atoms with E-state index in [1.807, 2.05) is 12.4 Å². The van der Waals surface area contributed by atoms with E-state index in [1.54, 1.807) is 6.20 Å². The molecule has 1 unspecified atom stereocenters. The summed E-state index contributed by atoms with van der Waals surface area (Å²) >= 11 is 3.38. The van der Waals surface area contributed by atoms with E-state index in [2.05, 4.69) is 35.6 Å². The maximum absolute atomic E-state index is 5.38. The second-order valence-electron chi connectivity index (χ2n) is 4.88. The van der Waals surface area contributed by atoms with E-state index in [0.717, 1.165) is 48.2 Å². The van der Waals surface area contributed by atoms with Crippen molar-refractivity contribution in [2.24, 2.45) is 5.92 Å². The fraction of sp³-hybridized carbons (Fsp3) is 0.538. The number of nitrogens with one attached hydrogen (secondary N) is 1. The van der Waals surface area contributed by atoms with E-state index in [4.69, 9.17) is 4.74 Å². The Morgan fingerprint density at radius 3 is 3.21 bits per heavy atom. The van der Waals surface area contributed by atoms with Crippen molar-refractivity contribution in [1.29, 1.82) is 0 Å². The van der Waals surface area contributed by atoms with Crippen molar-refractivity contribution in [3.05, 3.63) is 28.9 Å². The van der Waals surface area contributed by atoms with Crippen LogP contribution >= 0.6 is 15.9 Å². The molecule has 0 saturated carbocycles. The van der Waals surface area contributed by atoms with Crippen molar-refractivity contribution in [2.75, 3.05) is 19.8 Å². The number of nitrogens with zero attached hydrogens (tertiary/aromatic N) is 3. The van der Waals surface area contributed by atoms with Crippen LogP contribution in [-0.4, -0.2) is 34.1 Å². The number of hydrogen-bond donors (Lipinski definition) is 1. The molecule has 0 radical (unpaired) electrons. The van der Waals surface area contributed by atoms with Crippen LogP contribution in [0.25, 0.3) is 5.65 Å². The summed E-state index contributed by atoms with van der Waals surface area (Å²) in [6.07, 6.45) is 8.00. The van der Waals surface area contributed by atoms with Crippen molar-refractivity contribution < 1.29 is 4.74 Å². The molecule has 0 amide bonds. The zero-order chi connectivity index (χ0) is 13.1. The van der Waals surface area contributed by atoms with Crippen LogP contribution in [0.15, 0.2) is 23.2 Å². The van der Waals surface area contributed by atoms with Gasteiger partial charge in [-0.1, -0.05) is 0 Å². The number of fused-ring (bicyclic) bond motifs is 1. The molecule has 3 heterocycles. The lowest BCUT2D eigenvalue weighted by atomic mass is 10.1. The Kier molecular flexibility index (Phi) is 4.10. The van der Waals surface area contributed by atoms with Crippen LogP contribution in [0.5, 0.6) is 0 Å². The number of hydrogen-bond acceptors (Lipinski definition) is 4. The van der Waals surface area contributed by atoms with Crippen LogP contribution in [0.3, 0.4) is 0 Å². The van der Waals surface area contributed by atoms with Gasteiger partial charge in [-0.3, -0.25) is 4.40 Å². The summed E-state index contributed by atoms with van der Waals surface area (Å²) in [5.41, 5.74) is 2.03. The van der Waals surface area contributed by atoms with Crippen molar-refractivity contribution in [3.8, 4) is 0 Å². The van der Waals surface area contributed by atoms with Crippen molar-refractivity contribution in [2.45, 2.75) is 19.4 Å². The average molecular weight is 325 g/mol. The summed E-state index contributed by atoms with van der Waals surface area (Å²) in [6.45, 7) is 3.70. The molecular weight excluding hydrogens is 308 g/mol. The van der Waals surface area contributed by atoms with Gasteiger partial charge >= 0.3 is 0 Å². The number of rotatable bonds is 5. The topological polar surface area (TPSA) is 51.5 Å². The lowest BCUT2D eigenvalue weighted by Gasteiger charge is -2.08. The lowest BCUT2D eigenvalue weighted by Crippen LogP contribution is -2.18. The second-order valence-corrected chi connectivity index (χ2v) is 5.70. The van der Waals surface area contributed by atoms with E-state index < -0.39 is 0 Å². The third-order valence-corrected chi connectivity index (χ3v) is 3.91. The first kappa shape index (κ1) is 13.0. The van der Waals surface area contributed by atoms with Crippen molar-refractivity contribution in [1.82, 2.24) is 19.7 Å². The Bertz CT molecular complexity index is 551. The molecule has 19 heavy (non-hydrogen) atoms. The minimum absolute atomic E-state index is 0.730. The van der Waals surface area contributed by atoms with Gasteiger partial charge in [0.05, 0.1) is 18.1 Å². The van der Waals surface area contributed by atoms with E-state index in [0.29, 0.717) is 0 Å². The van der Waals surface area contributed by atoms with E-state index in [1.165, 1.54) is 12.8 Å². The summed E-state index contributed by atoms with van der Waals surface area (Å²) in [7, 11) is 0. The van der Waals surface area contributed by atoms with Crippen LogP contribution in [0.2, 0.25) is 0 Å². The zero-order valence-electron chi connectivity index (χ0n) is 10.7. The highest BCUT2D eigenvalue weighted by molar-refractivity contribution is 9.10. The maximum Gasteiger partial charge on any atom is 0.155 e. The fourth-order valence-corrected chi connectivity index (χ4v) is 2.69. The Balaban J connectivity index is 1.54. The molecule has 102 valence electrons. The minimum atomic E-state index is 0.730. The first-order chi connectivity index (χ1) is 9.33. The molecule has 1 aliphatic heterocycles. The Morgan fingerprint density at radius 2 is 2.37 bits per heavy atom. The van der Waals surface area contributed by atoms with Gasteiger partial charge in [0.15, 0.2) is 5.65 Å². The number of ether oxygens (including phenoxy) is 1. The van der Waals surface area contributed by atoms with Gasteiger partial charge in [-0.15, -0.1) is 0 Å². The van der Waals surface area contributed by atoms with Crippen LogP contribution in [0.4, 0.5) is 0 Å². The Morgan fingerprint density at radius 1 is 1.42 bits per heavy atom. The van der Waals surface area contributed by atoms with E-state index in [9.17, 15) is 0 Å². The van der Waals surface area contributed by atoms with Crippen LogP contribution in [0.1, 0.15) is 18.5 Å². The van der Waals surface area contributed by atoms with Gasteiger partial charge in [0, 0.05) is 26.0 Å².